The van der Waals surface area contributed by atoms with Gasteiger partial charge in [-0.1, -0.05) is 30.3 Å². The first kappa shape index (κ1) is 11.7. The second-order valence-electron chi connectivity index (χ2n) is 4.60. The Labute approximate surface area is 111 Å². The molecule has 0 aliphatic heterocycles. The maximum Gasteiger partial charge on any atom is 0.258 e. The van der Waals surface area contributed by atoms with E-state index in [1.165, 1.54) is 0 Å². The molecule has 0 fully saturated rings. The molecule has 0 unspecified atom stereocenters. The number of nitrogens with zero attached hydrogens (tertiary/aromatic N) is 3. The van der Waals surface area contributed by atoms with Gasteiger partial charge >= 0.3 is 0 Å². The van der Waals surface area contributed by atoms with Gasteiger partial charge in [0.25, 0.3) is 5.88 Å². The normalized spacial score (nSPS) is 11.1. The largest absolute Gasteiger partial charge is 0.472 e. The number of hydrogen-bond donors (Lipinski definition) is 0. The zero-order valence-electron chi connectivity index (χ0n) is 10.9. The van der Waals surface area contributed by atoms with E-state index in [0.29, 0.717) is 5.88 Å². The summed E-state index contributed by atoms with van der Waals surface area (Å²) in [5.74, 6) is 0.569. The van der Waals surface area contributed by atoms with Crippen LogP contribution in [0.25, 0.3) is 16.9 Å². The van der Waals surface area contributed by atoms with Crippen LogP contribution in [0.2, 0.25) is 0 Å². The maximum atomic E-state index is 5.68. The summed E-state index contributed by atoms with van der Waals surface area (Å²) >= 11 is 0. The van der Waals surface area contributed by atoms with Gasteiger partial charge in [-0.15, -0.1) is 0 Å². The summed E-state index contributed by atoms with van der Waals surface area (Å²) < 4.78 is 7.68. The van der Waals surface area contributed by atoms with Crippen LogP contribution in [-0.4, -0.2) is 20.5 Å². The molecule has 0 radical (unpaired) electrons. The van der Waals surface area contributed by atoms with E-state index in [1.807, 2.05) is 48.8 Å². The first-order valence-corrected chi connectivity index (χ1v) is 6.30. The van der Waals surface area contributed by atoms with Gasteiger partial charge in [-0.3, -0.25) is 4.40 Å². The summed E-state index contributed by atoms with van der Waals surface area (Å²) in [5, 5.41) is 0. The topological polar surface area (TPSA) is 39.4 Å². The summed E-state index contributed by atoms with van der Waals surface area (Å²) in [6, 6.07) is 10.2. The molecule has 0 spiro atoms. The van der Waals surface area contributed by atoms with Crippen LogP contribution in [0.15, 0.2) is 48.9 Å². The summed E-state index contributed by atoms with van der Waals surface area (Å²) in [6.07, 6.45) is 5.56. The Balaban J connectivity index is 2.14. The molecule has 2 heterocycles. The van der Waals surface area contributed by atoms with Crippen molar-refractivity contribution in [3.63, 3.8) is 0 Å². The average molecular weight is 253 g/mol. The number of ether oxygens (including phenoxy) is 1. The Hall–Kier alpha value is -2.36. The minimum absolute atomic E-state index is 0.0792. The lowest BCUT2D eigenvalue weighted by Crippen LogP contribution is -2.08. The van der Waals surface area contributed by atoms with Gasteiger partial charge in [0.1, 0.15) is 0 Å². The SMILES string of the molecule is CC(C)Oc1nccn2c(-c3ccccc3)cnc12. The fourth-order valence-corrected chi connectivity index (χ4v) is 2.02. The highest BCUT2D eigenvalue weighted by atomic mass is 16.5. The number of aromatic nitrogens is 3. The van der Waals surface area contributed by atoms with Gasteiger partial charge in [0.05, 0.1) is 18.0 Å². The Morgan fingerprint density at radius 1 is 1.11 bits per heavy atom. The van der Waals surface area contributed by atoms with E-state index in [2.05, 4.69) is 22.1 Å². The third-order valence-corrected chi connectivity index (χ3v) is 2.81. The molecule has 0 aliphatic carbocycles. The molecule has 0 saturated heterocycles. The third-order valence-electron chi connectivity index (χ3n) is 2.81. The van der Waals surface area contributed by atoms with E-state index >= 15 is 0 Å². The van der Waals surface area contributed by atoms with Gasteiger partial charge in [0.2, 0.25) is 5.65 Å². The van der Waals surface area contributed by atoms with Gasteiger partial charge in [-0.25, -0.2) is 9.97 Å². The van der Waals surface area contributed by atoms with E-state index in [-0.39, 0.29) is 6.10 Å². The van der Waals surface area contributed by atoms with Gasteiger partial charge in [0.15, 0.2) is 0 Å². The van der Waals surface area contributed by atoms with Gasteiger partial charge in [0, 0.05) is 18.0 Å². The molecule has 4 heteroatoms. The number of imidazole rings is 1. The lowest BCUT2D eigenvalue weighted by atomic mass is 10.2. The van der Waals surface area contributed by atoms with Crippen molar-refractivity contribution in [2.24, 2.45) is 0 Å². The highest BCUT2D eigenvalue weighted by Gasteiger charge is 2.11. The molecule has 3 aromatic rings. The number of rotatable bonds is 3. The first-order valence-electron chi connectivity index (χ1n) is 6.30. The Morgan fingerprint density at radius 3 is 2.63 bits per heavy atom. The molecule has 0 bridgehead atoms. The van der Waals surface area contributed by atoms with Crippen molar-refractivity contribution in [3.8, 4) is 17.1 Å². The van der Waals surface area contributed by atoms with Crippen LogP contribution in [-0.2, 0) is 0 Å². The van der Waals surface area contributed by atoms with Crippen molar-refractivity contribution in [3.05, 3.63) is 48.9 Å². The molecule has 0 amide bonds. The van der Waals surface area contributed by atoms with Crippen molar-refractivity contribution in [2.45, 2.75) is 20.0 Å². The zero-order valence-corrected chi connectivity index (χ0v) is 10.9. The van der Waals surface area contributed by atoms with Crippen molar-refractivity contribution in [1.82, 2.24) is 14.4 Å². The van der Waals surface area contributed by atoms with Crippen LogP contribution in [0.1, 0.15) is 13.8 Å². The van der Waals surface area contributed by atoms with Crippen molar-refractivity contribution < 1.29 is 4.74 Å². The molecule has 3 rings (SSSR count). The van der Waals surface area contributed by atoms with Crippen molar-refractivity contribution >= 4 is 5.65 Å². The smallest absolute Gasteiger partial charge is 0.258 e. The first-order chi connectivity index (χ1) is 9.25. The summed E-state index contributed by atoms with van der Waals surface area (Å²) in [7, 11) is 0. The predicted molar refractivity (Wildman–Crippen MR) is 74.2 cm³/mol. The lowest BCUT2D eigenvalue weighted by Gasteiger charge is -2.09. The van der Waals surface area contributed by atoms with Crippen LogP contribution in [0.5, 0.6) is 5.88 Å². The molecule has 0 saturated carbocycles. The molecule has 0 aliphatic rings. The molecular weight excluding hydrogens is 238 g/mol. The fraction of sp³-hybridized carbons (Fsp3) is 0.200. The third kappa shape index (κ3) is 2.17. The lowest BCUT2D eigenvalue weighted by molar-refractivity contribution is 0.234. The Kier molecular flexibility index (Phi) is 2.91. The molecule has 19 heavy (non-hydrogen) atoms. The monoisotopic (exact) mass is 253 g/mol. The number of hydrogen-bond acceptors (Lipinski definition) is 3. The van der Waals surface area contributed by atoms with Crippen LogP contribution in [0.4, 0.5) is 0 Å². The highest BCUT2D eigenvalue weighted by molar-refractivity contribution is 5.65. The van der Waals surface area contributed by atoms with E-state index in [0.717, 1.165) is 16.9 Å². The van der Waals surface area contributed by atoms with E-state index in [1.54, 1.807) is 6.20 Å². The van der Waals surface area contributed by atoms with Gasteiger partial charge < -0.3 is 4.74 Å². The van der Waals surface area contributed by atoms with E-state index in [4.69, 9.17) is 4.74 Å². The maximum absolute atomic E-state index is 5.68. The summed E-state index contributed by atoms with van der Waals surface area (Å²) in [5.41, 5.74) is 2.90. The highest BCUT2D eigenvalue weighted by Crippen LogP contribution is 2.24. The Morgan fingerprint density at radius 2 is 1.89 bits per heavy atom. The quantitative estimate of drug-likeness (QED) is 0.719. The molecule has 1 aromatic carbocycles. The van der Waals surface area contributed by atoms with Crippen molar-refractivity contribution in [2.75, 3.05) is 0 Å². The molecular formula is C15H15N3O. The molecule has 0 atom stereocenters. The zero-order chi connectivity index (χ0) is 13.2. The van der Waals surface area contributed by atoms with Crippen LogP contribution in [0, 0.1) is 0 Å². The van der Waals surface area contributed by atoms with Crippen LogP contribution >= 0.6 is 0 Å². The van der Waals surface area contributed by atoms with Crippen LogP contribution < -0.4 is 4.74 Å². The predicted octanol–water partition coefficient (Wildman–Crippen LogP) is 3.18. The average Bonchev–Trinajstić information content (AvgIpc) is 2.84. The second-order valence-corrected chi connectivity index (χ2v) is 4.60. The van der Waals surface area contributed by atoms with Gasteiger partial charge in [-0.05, 0) is 13.8 Å². The summed E-state index contributed by atoms with van der Waals surface area (Å²) in [4.78, 5) is 8.67. The minimum Gasteiger partial charge on any atom is -0.472 e. The summed E-state index contributed by atoms with van der Waals surface area (Å²) in [6.45, 7) is 3.96. The second kappa shape index (κ2) is 4.72. The Bertz CT molecular complexity index is 689. The van der Waals surface area contributed by atoms with Crippen molar-refractivity contribution in [1.29, 1.82) is 0 Å². The molecule has 4 nitrogen and oxygen atoms in total. The van der Waals surface area contributed by atoms with Gasteiger partial charge in [-0.2, -0.15) is 0 Å². The van der Waals surface area contributed by atoms with E-state index < -0.39 is 0 Å². The fourth-order valence-electron chi connectivity index (χ4n) is 2.02. The molecule has 2 aromatic heterocycles. The number of benzene rings is 1. The minimum atomic E-state index is 0.0792. The molecule has 0 N–H and O–H groups in total. The standard InChI is InChI=1S/C15H15N3O/c1-11(2)19-15-14-17-10-13(18(14)9-8-16-15)12-6-4-3-5-7-12/h3-11H,1-2H3. The number of fused-ring (bicyclic) bond motifs is 1. The molecule has 96 valence electrons. The van der Waals surface area contributed by atoms with Crippen LogP contribution in [0.3, 0.4) is 0 Å². The van der Waals surface area contributed by atoms with E-state index in [9.17, 15) is 0 Å².